The lowest BCUT2D eigenvalue weighted by atomic mass is 10.0. The van der Waals surface area contributed by atoms with Crippen LogP contribution in [0.5, 0.6) is 5.75 Å². The van der Waals surface area contributed by atoms with Crippen molar-refractivity contribution < 1.29 is 13.9 Å². The summed E-state index contributed by atoms with van der Waals surface area (Å²) in [5, 5.41) is 0.908. The highest BCUT2D eigenvalue weighted by molar-refractivity contribution is 5.96. The molecule has 6 heteroatoms. The Morgan fingerprint density at radius 3 is 2.88 bits per heavy atom. The van der Waals surface area contributed by atoms with Crippen molar-refractivity contribution in [1.29, 1.82) is 0 Å². The molecule has 3 aromatic rings. The second-order valence-electron chi connectivity index (χ2n) is 6.23. The van der Waals surface area contributed by atoms with E-state index >= 15 is 0 Å². The van der Waals surface area contributed by atoms with Gasteiger partial charge >= 0.3 is 0 Å². The van der Waals surface area contributed by atoms with Crippen molar-refractivity contribution in [3.63, 3.8) is 0 Å². The van der Waals surface area contributed by atoms with Gasteiger partial charge in [0.15, 0.2) is 0 Å². The monoisotopic (exact) mass is 351 g/mol. The van der Waals surface area contributed by atoms with Gasteiger partial charge in [-0.25, -0.2) is 9.37 Å². The third-order valence-electron chi connectivity index (χ3n) is 4.72. The van der Waals surface area contributed by atoms with E-state index in [1.165, 1.54) is 12.1 Å². The van der Waals surface area contributed by atoms with Gasteiger partial charge in [-0.05, 0) is 47.9 Å². The van der Waals surface area contributed by atoms with Crippen molar-refractivity contribution in [2.75, 3.05) is 20.2 Å². The van der Waals surface area contributed by atoms with Crippen LogP contribution in [-0.4, -0.2) is 41.5 Å². The second kappa shape index (κ2) is 6.63. The maximum Gasteiger partial charge on any atom is 0.209 e. The summed E-state index contributed by atoms with van der Waals surface area (Å²) in [6.45, 7) is 1.30. The highest BCUT2D eigenvalue weighted by atomic mass is 19.1. The zero-order valence-corrected chi connectivity index (χ0v) is 14.3. The van der Waals surface area contributed by atoms with Crippen molar-refractivity contribution in [2.45, 2.75) is 6.42 Å². The molecule has 0 bridgehead atoms. The Morgan fingerprint density at radius 2 is 2.15 bits per heavy atom. The van der Waals surface area contributed by atoms with Crippen LogP contribution in [0.25, 0.3) is 27.7 Å². The van der Waals surface area contributed by atoms with E-state index in [0.717, 1.165) is 40.7 Å². The number of ether oxygens (including phenoxy) is 1. The Morgan fingerprint density at radius 1 is 1.27 bits per heavy atom. The first-order valence-corrected chi connectivity index (χ1v) is 8.40. The second-order valence-corrected chi connectivity index (χ2v) is 6.23. The summed E-state index contributed by atoms with van der Waals surface area (Å²) >= 11 is 0. The zero-order chi connectivity index (χ0) is 18.1. The summed E-state index contributed by atoms with van der Waals surface area (Å²) in [6, 6.07) is 8.38. The summed E-state index contributed by atoms with van der Waals surface area (Å²) in [5.74, 6) is 0.297. The van der Waals surface area contributed by atoms with E-state index in [-0.39, 0.29) is 5.82 Å². The molecule has 26 heavy (non-hydrogen) atoms. The van der Waals surface area contributed by atoms with Crippen LogP contribution in [0.3, 0.4) is 0 Å². The fourth-order valence-electron chi connectivity index (χ4n) is 3.35. The van der Waals surface area contributed by atoms with Gasteiger partial charge in [0.2, 0.25) is 6.41 Å². The number of carbonyl (C=O) groups excluding carboxylic acids is 1. The standard InChI is InChI=1S/C20H18FN3O2/c1-26-19-3-2-14(21)10-16(19)15-4-7-22-20-17(15)11-18(23-20)13-5-8-24(12-25)9-6-13/h2-5,7,10-12H,6,8-9H2,1H3,(H,22,23). The van der Waals surface area contributed by atoms with Gasteiger partial charge in [-0.15, -0.1) is 0 Å². The zero-order valence-electron chi connectivity index (χ0n) is 14.3. The van der Waals surface area contributed by atoms with Crippen molar-refractivity contribution in [3.05, 3.63) is 54.1 Å². The maximum absolute atomic E-state index is 13.8. The predicted octanol–water partition coefficient (Wildman–Crippen LogP) is 3.62. The van der Waals surface area contributed by atoms with Gasteiger partial charge in [0.05, 0.1) is 7.11 Å². The Balaban J connectivity index is 1.81. The van der Waals surface area contributed by atoms with Gasteiger partial charge in [0.25, 0.3) is 0 Å². The first-order valence-electron chi connectivity index (χ1n) is 8.40. The lowest BCUT2D eigenvalue weighted by Gasteiger charge is -2.21. The van der Waals surface area contributed by atoms with Crippen LogP contribution in [-0.2, 0) is 4.79 Å². The van der Waals surface area contributed by atoms with Gasteiger partial charge in [0, 0.05) is 35.9 Å². The molecule has 1 aliphatic rings. The first kappa shape index (κ1) is 16.3. The minimum atomic E-state index is -0.314. The number of halogens is 1. The molecule has 2 aromatic heterocycles. The van der Waals surface area contributed by atoms with Crippen LogP contribution in [0.1, 0.15) is 12.1 Å². The van der Waals surface area contributed by atoms with Gasteiger partial charge in [-0.2, -0.15) is 0 Å². The molecule has 0 saturated heterocycles. The van der Waals surface area contributed by atoms with E-state index in [1.807, 2.05) is 18.2 Å². The van der Waals surface area contributed by atoms with E-state index in [9.17, 15) is 9.18 Å². The molecule has 0 aliphatic carbocycles. The molecule has 0 atom stereocenters. The van der Waals surface area contributed by atoms with Crippen molar-refractivity contribution >= 4 is 23.0 Å². The Bertz CT molecular complexity index is 1010. The van der Waals surface area contributed by atoms with E-state index in [2.05, 4.69) is 9.97 Å². The molecule has 0 radical (unpaired) electrons. The summed E-state index contributed by atoms with van der Waals surface area (Å²) in [4.78, 5) is 20.3. The number of hydrogen-bond acceptors (Lipinski definition) is 3. The molecule has 0 fully saturated rings. The lowest BCUT2D eigenvalue weighted by molar-refractivity contribution is -0.117. The quantitative estimate of drug-likeness (QED) is 0.731. The fraction of sp³-hybridized carbons (Fsp3) is 0.200. The SMILES string of the molecule is COc1ccc(F)cc1-c1ccnc2[nH]c(C3=CCN(C=O)CC3)cc12. The van der Waals surface area contributed by atoms with Crippen molar-refractivity contribution in [3.8, 4) is 16.9 Å². The molecular weight excluding hydrogens is 333 g/mol. The normalized spacial score (nSPS) is 14.4. The van der Waals surface area contributed by atoms with E-state index in [1.54, 1.807) is 24.3 Å². The minimum absolute atomic E-state index is 0.314. The van der Waals surface area contributed by atoms with Crippen LogP contribution in [0.2, 0.25) is 0 Å². The number of aromatic nitrogens is 2. The average molecular weight is 351 g/mol. The number of amides is 1. The van der Waals surface area contributed by atoms with Crippen LogP contribution in [0, 0.1) is 5.82 Å². The largest absolute Gasteiger partial charge is 0.496 e. The summed E-state index contributed by atoms with van der Waals surface area (Å²) in [6.07, 6.45) is 5.40. The Hall–Kier alpha value is -3.15. The smallest absolute Gasteiger partial charge is 0.209 e. The highest BCUT2D eigenvalue weighted by Crippen LogP contribution is 2.36. The Labute approximate surface area is 150 Å². The van der Waals surface area contributed by atoms with E-state index < -0.39 is 0 Å². The fourth-order valence-corrected chi connectivity index (χ4v) is 3.35. The first-order chi connectivity index (χ1) is 12.7. The van der Waals surface area contributed by atoms with Crippen molar-refractivity contribution in [2.24, 2.45) is 0 Å². The molecule has 1 amide bonds. The number of fused-ring (bicyclic) bond motifs is 1. The molecule has 5 nitrogen and oxygen atoms in total. The number of carbonyl (C=O) groups is 1. The number of aromatic amines is 1. The topological polar surface area (TPSA) is 58.2 Å². The van der Waals surface area contributed by atoms with Crippen LogP contribution in [0.4, 0.5) is 4.39 Å². The molecule has 1 aromatic carbocycles. The lowest BCUT2D eigenvalue weighted by Crippen LogP contribution is -2.26. The average Bonchev–Trinajstić information content (AvgIpc) is 3.12. The molecule has 0 spiro atoms. The third kappa shape index (κ3) is 2.83. The van der Waals surface area contributed by atoms with Gasteiger partial charge < -0.3 is 14.6 Å². The summed E-state index contributed by atoms with van der Waals surface area (Å²) in [5.41, 5.74) is 4.41. The van der Waals surface area contributed by atoms with E-state index in [0.29, 0.717) is 24.4 Å². The minimum Gasteiger partial charge on any atom is -0.496 e. The molecule has 132 valence electrons. The number of rotatable bonds is 4. The maximum atomic E-state index is 13.8. The molecule has 3 heterocycles. The third-order valence-corrected chi connectivity index (χ3v) is 4.72. The van der Waals surface area contributed by atoms with Gasteiger partial charge in [-0.1, -0.05) is 6.08 Å². The Kier molecular flexibility index (Phi) is 4.16. The van der Waals surface area contributed by atoms with Gasteiger partial charge in [0.1, 0.15) is 17.2 Å². The van der Waals surface area contributed by atoms with Crippen molar-refractivity contribution in [1.82, 2.24) is 14.9 Å². The van der Waals surface area contributed by atoms with E-state index in [4.69, 9.17) is 4.74 Å². The predicted molar refractivity (Wildman–Crippen MR) is 98.3 cm³/mol. The van der Waals surface area contributed by atoms with Crippen LogP contribution < -0.4 is 4.74 Å². The number of methoxy groups -OCH3 is 1. The number of H-pyrrole nitrogens is 1. The van der Waals surface area contributed by atoms with Crippen LogP contribution in [0.15, 0.2) is 42.6 Å². The number of benzene rings is 1. The molecule has 1 aliphatic heterocycles. The highest BCUT2D eigenvalue weighted by Gasteiger charge is 2.17. The summed E-state index contributed by atoms with van der Waals surface area (Å²) < 4.78 is 19.2. The van der Waals surface area contributed by atoms with Crippen LogP contribution >= 0.6 is 0 Å². The molecular formula is C20H18FN3O2. The van der Waals surface area contributed by atoms with Gasteiger partial charge in [-0.3, -0.25) is 4.79 Å². The summed E-state index contributed by atoms with van der Waals surface area (Å²) in [7, 11) is 1.57. The molecule has 0 unspecified atom stereocenters. The molecule has 1 N–H and O–H groups in total. The number of pyridine rings is 1. The number of nitrogens with one attached hydrogen (secondary N) is 1. The number of nitrogens with zero attached hydrogens (tertiary/aromatic N) is 2. The molecule has 4 rings (SSSR count). The molecule has 0 saturated carbocycles. The number of hydrogen-bond donors (Lipinski definition) is 1.